The number of hydrogen-bond acceptors (Lipinski definition) is 2. The number of amides is 2. The van der Waals surface area contributed by atoms with Gasteiger partial charge < -0.3 is 10.6 Å². The van der Waals surface area contributed by atoms with E-state index in [0.29, 0.717) is 12.0 Å². The van der Waals surface area contributed by atoms with E-state index in [0.717, 1.165) is 31.7 Å². The smallest absolute Gasteiger partial charge is 0.345 e. The second-order valence-electron chi connectivity index (χ2n) is 6.08. The molecular weight excluding hydrogens is 345 g/mol. The monoisotopic (exact) mass is 362 g/mol. The van der Waals surface area contributed by atoms with Crippen molar-refractivity contribution < 1.29 is 22.8 Å². The molecule has 1 saturated carbocycles. The van der Waals surface area contributed by atoms with Crippen molar-refractivity contribution in [3.63, 3.8) is 0 Å². The predicted molar refractivity (Wildman–Crippen MR) is 84.6 cm³/mol. The minimum atomic E-state index is -4.64. The number of carbonyl (C=O) groups is 2. The summed E-state index contributed by atoms with van der Waals surface area (Å²) in [6, 6.07) is 2.87. The number of halogens is 4. The van der Waals surface area contributed by atoms with Gasteiger partial charge in [0.2, 0.25) is 0 Å². The van der Waals surface area contributed by atoms with Crippen LogP contribution in [0.1, 0.15) is 38.2 Å². The molecule has 132 valence electrons. The van der Waals surface area contributed by atoms with Crippen molar-refractivity contribution in [2.75, 3.05) is 5.32 Å². The molecule has 1 aromatic carbocycles. The van der Waals surface area contributed by atoms with Gasteiger partial charge in [-0.3, -0.25) is 9.59 Å². The van der Waals surface area contributed by atoms with Crippen LogP contribution in [0.5, 0.6) is 0 Å². The number of alkyl halides is 3. The molecule has 1 aliphatic rings. The van der Waals surface area contributed by atoms with Crippen LogP contribution in [0.15, 0.2) is 18.2 Å². The van der Waals surface area contributed by atoms with Crippen LogP contribution in [0.25, 0.3) is 0 Å². The molecule has 2 rings (SSSR count). The standard InChI is InChI=1S/C16H18ClF3N2O2/c1-9-2-4-10(5-3-9)21-14(23)15(24)22-11-6-7-13(17)12(8-11)16(18,19)20/h6-10H,2-5H2,1H3,(H,21,23)(H,22,24). The maximum atomic E-state index is 12.8. The fraction of sp³-hybridized carbons (Fsp3) is 0.500. The van der Waals surface area contributed by atoms with Gasteiger partial charge in [0.15, 0.2) is 0 Å². The van der Waals surface area contributed by atoms with Crippen LogP contribution in [0.4, 0.5) is 18.9 Å². The summed E-state index contributed by atoms with van der Waals surface area (Å²) in [6.07, 6.45) is -1.12. The quantitative estimate of drug-likeness (QED) is 0.781. The summed E-state index contributed by atoms with van der Waals surface area (Å²) >= 11 is 5.51. The normalized spacial score (nSPS) is 21.2. The van der Waals surface area contributed by atoms with Crippen LogP contribution in [0.2, 0.25) is 5.02 Å². The lowest BCUT2D eigenvalue weighted by molar-refractivity contribution is -0.137. The van der Waals surface area contributed by atoms with Gasteiger partial charge in [-0.1, -0.05) is 18.5 Å². The molecule has 8 heteroatoms. The molecule has 0 saturated heterocycles. The van der Waals surface area contributed by atoms with Crippen molar-refractivity contribution in [2.24, 2.45) is 5.92 Å². The molecule has 0 unspecified atom stereocenters. The average molecular weight is 363 g/mol. The number of benzene rings is 1. The molecule has 0 aliphatic heterocycles. The number of anilines is 1. The van der Waals surface area contributed by atoms with Gasteiger partial charge in [-0.2, -0.15) is 13.2 Å². The molecule has 0 spiro atoms. The first-order valence-corrected chi connectivity index (χ1v) is 8.03. The fourth-order valence-corrected chi connectivity index (χ4v) is 2.89. The lowest BCUT2D eigenvalue weighted by Crippen LogP contribution is -2.43. The third-order valence-electron chi connectivity index (χ3n) is 4.09. The summed E-state index contributed by atoms with van der Waals surface area (Å²) in [5, 5.41) is 4.32. The fourth-order valence-electron chi connectivity index (χ4n) is 2.66. The van der Waals surface area contributed by atoms with Crippen molar-refractivity contribution >= 4 is 29.1 Å². The van der Waals surface area contributed by atoms with Gasteiger partial charge in [-0.15, -0.1) is 0 Å². The molecule has 1 aromatic rings. The predicted octanol–water partition coefficient (Wildman–Crippen LogP) is 3.99. The Bertz CT molecular complexity index is 626. The molecule has 2 N–H and O–H groups in total. The van der Waals surface area contributed by atoms with Crippen molar-refractivity contribution in [1.82, 2.24) is 5.32 Å². The number of nitrogens with one attached hydrogen (secondary N) is 2. The Morgan fingerprint density at radius 3 is 2.33 bits per heavy atom. The average Bonchev–Trinajstić information content (AvgIpc) is 2.50. The largest absolute Gasteiger partial charge is 0.417 e. The van der Waals surface area contributed by atoms with Gasteiger partial charge >= 0.3 is 18.0 Å². The lowest BCUT2D eigenvalue weighted by Gasteiger charge is -2.26. The first-order chi connectivity index (χ1) is 11.2. The minimum absolute atomic E-state index is 0.0737. The van der Waals surface area contributed by atoms with E-state index in [2.05, 4.69) is 17.6 Å². The number of carbonyl (C=O) groups excluding carboxylic acids is 2. The first-order valence-electron chi connectivity index (χ1n) is 7.65. The van der Waals surface area contributed by atoms with E-state index in [-0.39, 0.29) is 11.7 Å². The Balaban J connectivity index is 1.98. The Morgan fingerprint density at radius 1 is 1.12 bits per heavy atom. The molecule has 0 bridgehead atoms. The van der Waals surface area contributed by atoms with Gasteiger partial charge in [0.05, 0.1) is 10.6 Å². The first kappa shape index (κ1) is 18.6. The third-order valence-corrected chi connectivity index (χ3v) is 4.42. The van der Waals surface area contributed by atoms with Gasteiger partial charge in [-0.25, -0.2) is 0 Å². The summed E-state index contributed by atoms with van der Waals surface area (Å²) in [6.45, 7) is 2.13. The molecule has 2 amide bonds. The van der Waals surface area contributed by atoms with E-state index in [1.54, 1.807) is 0 Å². The van der Waals surface area contributed by atoms with Gasteiger partial charge in [-0.05, 0) is 49.8 Å². The van der Waals surface area contributed by atoms with Crippen LogP contribution in [0, 0.1) is 5.92 Å². The van der Waals surface area contributed by atoms with Crippen LogP contribution in [-0.4, -0.2) is 17.9 Å². The van der Waals surface area contributed by atoms with Crippen LogP contribution in [0.3, 0.4) is 0 Å². The minimum Gasteiger partial charge on any atom is -0.345 e. The summed E-state index contributed by atoms with van der Waals surface area (Å²) < 4.78 is 38.4. The van der Waals surface area contributed by atoms with Crippen molar-refractivity contribution in [1.29, 1.82) is 0 Å². The Morgan fingerprint density at radius 2 is 1.75 bits per heavy atom. The molecule has 0 heterocycles. The second kappa shape index (κ2) is 7.42. The van der Waals surface area contributed by atoms with Crippen molar-refractivity contribution in [3.8, 4) is 0 Å². The third kappa shape index (κ3) is 4.87. The highest BCUT2D eigenvalue weighted by Gasteiger charge is 2.33. The molecule has 24 heavy (non-hydrogen) atoms. The Hall–Kier alpha value is -1.76. The zero-order valence-electron chi connectivity index (χ0n) is 13.0. The molecule has 1 aliphatic carbocycles. The summed E-state index contributed by atoms with van der Waals surface area (Å²) in [7, 11) is 0. The van der Waals surface area contributed by atoms with E-state index in [1.807, 2.05) is 0 Å². The Labute approximate surface area is 142 Å². The summed E-state index contributed by atoms with van der Waals surface area (Å²) in [5.74, 6) is -1.25. The van der Waals surface area contributed by atoms with E-state index in [4.69, 9.17) is 11.6 Å². The molecular formula is C16H18ClF3N2O2. The molecule has 1 fully saturated rings. The van der Waals surface area contributed by atoms with Crippen molar-refractivity contribution in [3.05, 3.63) is 28.8 Å². The van der Waals surface area contributed by atoms with Crippen molar-refractivity contribution in [2.45, 2.75) is 44.8 Å². The number of hydrogen-bond donors (Lipinski definition) is 2. The maximum Gasteiger partial charge on any atom is 0.417 e. The van der Waals surface area contributed by atoms with Gasteiger partial charge in [0, 0.05) is 11.7 Å². The topological polar surface area (TPSA) is 58.2 Å². The molecule has 4 nitrogen and oxygen atoms in total. The Kier molecular flexibility index (Phi) is 5.74. The summed E-state index contributed by atoms with van der Waals surface area (Å²) in [4.78, 5) is 23.7. The molecule has 0 atom stereocenters. The summed E-state index contributed by atoms with van der Waals surface area (Å²) in [5.41, 5.74) is -1.20. The van der Waals surface area contributed by atoms with Gasteiger partial charge in [0.1, 0.15) is 0 Å². The highest BCUT2D eigenvalue weighted by Crippen LogP contribution is 2.36. The highest BCUT2D eigenvalue weighted by atomic mass is 35.5. The van der Waals surface area contributed by atoms with Crippen LogP contribution < -0.4 is 10.6 Å². The van der Waals surface area contributed by atoms with E-state index < -0.39 is 28.6 Å². The van der Waals surface area contributed by atoms with E-state index in [1.165, 1.54) is 6.07 Å². The SMILES string of the molecule is CC1CCC(NC(=O)C(=O)Nc2ccc(Cl)c(C(F)(F)F)c2)CC1. The zero-order valence-corrected chi connectivity index (χ0v) is 13.8. The van der Waals surface area contributed by atoms with E-state index in [9.17, 15) is 22.8 Å². The van der Waals surface area contributed by atoms with Gasteiger partial charge in [0.25, 0.3) is 0 Å². The second-order valence-corrected chi connectivity index (χ2v) is 6.48. The number of rotatable bonds is 2. The van der Waals surface area contributed by atoms with Crippen LogP contribution in [-0.2, 0) is 15.8 Å². The molecule has 0 aromatic heterocycles. The van der Waals surface area contributed by atoms with E-state index >= 15 is 0 Å². The van der Waals surface area contributed by atoms with Crippen LogP contribution >= 0.6 is 11.6 Å². The zero-order chi connectivity index (χ0) is 17.9. The highest BCUT2D eigenvalue weighted by molar-refractivity contribution is 6.39. The maximum absolute atomic E-state index is 12.8. The lowest BCUT2D eigenvalue weighted by atomic mass is 9.87. The molecule has 0 radical (unpaired) electrons.